The summed E-state index contributed by atoms with van der Waals surface area (Å²) in [6.07, 6.45) is 3.60. The van der Waals surface area contributed by atoms with Gasteiger partial charge in [0.2, 0.25) is 0 Å². The van der Waals surface area contributed by atoms with Gasteiger partial charge in [-0.1, -0.05) is 65.9 Å². The molecule has 0 N–H and O–H groups in total. The first-order valence-electron chi connectivity index (χ1n) is 7.27. The lowest BCUT2D eigenvalue weighted by molar-refractivity contribution is 0.779. The standard InChI is InChI=1S/C18H13N5/c1-3-7-14(8-4-1)16-13-23(22-21-16)17-11-12-19-18(20-17)15-9-5-2-6-10-15/h1-13H. The van der Waals surface area contributed by atoms with Crippen molar-refractivity contribution in [1.29, 1.82) is 0 Å². The molecule has 0 saturated heterocycles. The Bertz CT molecular complexity index is 916. The lowest BCUT2D eigenvalue weighted by atomic mass is 10.2. The molecule has 0 aliphatic heterocycles. The minimum atomic E-state index is 0.667. The second-order valence-corrected chi connectivity index (χ2v) is 5.02. The second-order valence-electron chi connectivity index (χ2n) is 5.02. The third-order valence-electron chi connectivity index (χ3n) is 3.47. The van der Waals surface area contributed by atoms with Gasteiger partial charge >= 0.3 is 0 Å². The van der Waals surface area contributed by atoms with Crippen molar-refractivity contribution in [2.24, 2.45) is 0 Å². The molecule has 0 fully saturated rings. The van der Waals surface area contributed by atoms with Gasteiger partial charge in [-0.3, -0.25) is 0 Å². The van der Waals surface area contributed by atoms with Crippen LogP contribution < -0.4 is 0 Å². The van der Waals surface area contributed by atoms with E-state index in [1.54, 1.807) is 10.9 Å². The summed E-state index contributed by atoms with van der Waals surface area (Å²) in [6, 6.07) is 21.6. The lowest BCUT2D eigenvalue weighted by Gasteiger charge is -2.02. The number of hydrogen-bond donors (Lipinski definition) is 0. The molecule has 2 aromatic carbocycles. The Morgan fingerprint density at radius 3 is 2.17 bits per heavy atom. The molecule has 0 radical (unpaired) electrons. The highest BCUT2D eigenvalue weighted by Gasteiger charge is 2.08. The van der Waals surface area contributed by atoms with Gasteiger partial charge in [0.1, 0.15) is 5.69 Å². The van der Waals surface area contributed by atoms with Crippen molar-refractivity contribution in [3.05, 3.63) is 79.1 Å². The highest BCUT2D eigenvalue weighted by atomic mass is 15.4. The molecule has 2 aromatic heterocycles. The molecular weight excluding hydrogens is 286 g/mol. The maximum atomic E-state index is 4.57. The summed E-state index contributed by atoms with van der Waals surface area (Å²) in [5, 5.41) is 8.39. The number of aromatic nitrogens is 5. The average Bonchev–Trinajstić information content (AvgIpc) is 3.14. The van der Waals surface area contributed by atoms with Gasteiger partial charge < -0.3 is 0 Å². The molecule has 5 heteroatoms. The molecule has 0 atom stereocenters. The van der Waals surface area contributed by atoms with Gasteiger partial charge in [0.15, 0.2) is 11.6 Å². The van der Waals surface area contributed by atoms with Crippen LogP contribution in [-0.4, -0.2) is 25.0 Å². The van der Waals surface area contributed by atoms with E-state index in [1.165, 1.54) is 0 Å². The minimum absolute atomic E-state index is 0.667. The van der Waals surface area contributed by atoms with Crippen LogP contribution in [0.3, 0.4) is 0 Å². The van der Waals surface area contributed by atoms with Gasteiger partial charge in [0.05, 0.1) is 6.20 Å². The largest absolute Gasteiger partial charge is 0.236 e. The summed E-state index contributed by atoms with van der Waals surface area (Å²) in [4.78, 5) is 8.90. The van der Waals surface area contributed by atoms with E-state index in [9.17, 15) is 0 Å². The normalized spacial score (nSPS) is 10.6. The maximum Gasteiger partial charge on any atom is 0.161 e. The van der Waals surface area contributed by atoms with Crippen molar-refractivity contribution < 1.29 is 0 Å². The first-order valence-corrected chi connectivity index (χ1v) is 7.27. The fourth-order valence-electron chi connectivity index (χ4n) is 2.32. The molecule has 0 unspecified atom stereocenters. The summed E-state index contributed by atoms with van der Waals surface area (Å²) < 4.78 is 1.66. The fourth-order valence-corrected chi connectivity index (χ4v) is 2.32. The number of hydrogen-bond acceptors (Lipinski definition) is 4. The first kappa shape index (κ1) is 13.3. The van der Waals surface area contributed by atoms with Crippen LogP contribution in [0.1, 0.15) is 0 Å². The quantitative estimate of drug-likeness (QED) is 0.582. The summed E-state index contributed by atoms with van der Waals surface area (Å²) in [5.74, 6) is 1.35. The van der Waals surface area contributed by atoms with Crippen LogP contribution in [0.15, 0.2) is 79.1 Å². The Morgan fingerprint density at radius 2 is 1.43 bits per heavy atom. The summed E-state index contributed by atoms with van der Waals surface area (Å²) >= 11 is 0. The van der Waals surface area contributed by atoms with Crippen LogP contribution in [0, 0.1) is 0 Å². The zero-order valence-electron chi connectivity index (χ0n) is 12.2. The minimum Gasteiger partial charge on any atom is -0.236 e. The van der Waals surface area contributed by atoms with Gasteiger partial charge in [0, 0.05) is 23.4 Å². The van der Waals surface area contributed by atoms with E-state index in [2.05, 4.69) is 20.3 Å². The van der Waals surface area contributed by atoms with Crippen LogP contribution in [0.4, 0.5) is 0 Å². The SMILES string of the molecule is c1ccc(-c2cn(-c3ccnc(-c4ccccc4)n3)nn2)cc1. The maximum absolute atomic E-state index is 4.57. The zero-order chi connectivity index (χ0) is 15.5. The zero-order valence-corrected chi connectivity index (χ0v) is 12.2. The van der Waals surface area contributed by atoms with E-state index >= 15 is 0 Å². The number of nitrogens with zero attached hydrogens (tertiary/aromatic N) is 5. The fraction of sp³-hybridized carbons (Fsp3) is 0. The molecule has 110 valence electrons. The molecule has 0 spiro atoms. The molecular formula is C18H13N5. The van der Waals surface area contributed by atoms with E-state index < -0.39 is 0 Å². The van der Waals surface area contributed by atoms with Gasteiger partial charge in [-0.25, -0.2) is 14.6 Å². The lowest BCUT2D eigenvalue weighted by Crippen LogP contribution is -2.00. The van der Waals surface area contributed by atoms with Crippen molar-refractivity contribution >= 4 is 0 Å². The predicted molar refractivity (Wildman–Crippen MR) is 87.8 cm³/mol. The molecule has 2 heterocycles. The van der Waals surface area contributed by atoms with E-state index in [1.807, 2.05) is 72.9 Å². The highest BCUT2D eigenvalue weighted by molar-refractivity contribution is 5.58. The van der Waals surface area contributed by atoms with Gasteiger partial charge in [-0.15, -0.1) is 5.10 Å². The Hall–Kier alpha value is -3.34. The Balaban J connectivity index is 1.71. The van der Waals surface area contributed by atoms with Crippen molar-refractivity contribution in [2.45, 2.75) is 0 Å². The van der Waals surface area contributed by atoms with Crippen molar-refractivity contribution in [2.75, 3.05) is 0 Å². The van der Waals surface area contributed by atoms with E-state index in [0.717, 1.165) is 16.8 Å². The van der Waals surface area contributed by atoms with Crippen LogP contribution in [0.5, 0.6) is 0 Å². The molecule has 0 aliphatic carbocycles. The first-order chi connectivity index (χ1) is 11.4. The van der Waals surface area contributed by atoms with E-state index in [0.29, 0.717) is 11.6 Å². The summed E-state index contributed by atoms with van der Waals surface area (Å²) in [6.45, 7) is 0. The highest BCUT2D eigenvalue weighted by Crippen LogP contribution is 2.18. The molecule has 0 saturated carbocycles. The van der Waals surface area contributed by atoms with Crippen LogP contribution in [0.25, 0.3) is 28.5 Å². The average molecular weight is 299 g/mol. The van der Waals surface area contributed by atoms with Gasteiger partial charge in [-0.2, -0.15) is 0 Å². The molecule has 4 rings (SSSR count). The third-order valence-corrected chi connectivity index (χ3v) is 3.47. The van der Waals surface area contributed by atoms with Gasteiger partial charge in [-0.05, 0) is 0 Å². The van der Waals surface area contributed by atoms with Crippen molar-refractivity contribution in [3.8, 4) is 28.5 Å². The smallest absolute Gasteiger partial charge is 0.161 e. The van der Waals surface area contributed by atoms with E-state index in [-0.39, 0.29) is 0 Å². The molecule has 0 bridgehead atoms. The molecule has 23 heavy (non-hydrogen) atoms. The Labute approximate surface area is 133 Å². The van der Waals surface area contributed by atoms with Crippen LogP contribution in [-0.2, 0) is 0 Å². The predicted octanol–water partition coefficient (Wildman–Crippen LogP) is 3.39. The Kier molecular flexibility index (Phi) is 3.37. The van der Waals surface area contributed by atoms with Crippen LogP contribution in [0.2, 0.25) is 0 Å². The molecule has 5 nitrogen and oxygen atoms in total. The summed E-state index contributed by atoms with van der Waals surface area (Å²) in [7, 11) is 0. The summed E-state index contributed by atoms with van der Waals surface area (Å²) in [5.41, 5.74) is 2.80. The second kappa shape index (κ2) is 5.81. The number of benzene rings is 2. The van der Waals surface area contributed by atoms with Crippen molar-refractivity contribution in [1.82, 2.24) is 25.0 Å². The molecule has 0 aliphatic rings. The monoisotopic (exact) mass is 299 g/mol. The topological polar surface area (TPSA) is 56.5 Å². The molecule has 4 aromatic rings. The van der Waals surface area contributed by atoms with E-state index in [4.69, 9.17) is 0 Å². The van der Waals surface area contributed by atoms with Crippen molar-refractivity contribution in [3.63, 3.8) is 0 Å². The third kappa shape index (κ3) is 2.72. The Morgan fingerprint density at radius 1 is 0.739 bits per heavy atom. The van der Waals surface area contributed by atoms with Gasteiger partial charge in [0.25, 0.3) is 0 Å². The number of rotatable bonds is 3. The molecule has 0 amide bonds. The van der Waals surface area contributed by atoms with Crippen LogP contribution >= 0.6 is 0 Å².